The van der Waals surface area contributed by atoms with Crippen LogP contribution in [0.2, 0.25) is 0 Å². The molecule has 0 saturated heterocycles. The number of halogens is 1. The van der Waals surface area contributed by atoms with Crippen LogP contribution in [0.3, 0.4) is 0 Å². The monoisotopic (exact) mass is 315 g/mol. The van der Waals surface area contributed by atoms with Crippen LogP contribution in [0.1, 0.15) is 32.3 Å². The van der Waals surface area contributed by atoms with E-state index in [0.29, 0.717) is 6.54 Å². The van der Waals surface area contributed by atoms with Gasteiger partial charge in [0.1, 0.15) is 0 Å². The van der Waals surface area contributed by atoms with Gasteiger partial charge in [0, 0.05) is 0 Å². The molecular weight excluding hydrogens is 294 g/mol. The standard InChI is InChI=1S/C14H22BrNO2/c1-4-11(5-2)18-14-12(15)8-10(6-7-16)9-13(14)17-3/h8-9,11H,4-7,16H2,1-3H3. The molecule has 0 heterocycles. The summed E-state index contributed by atoms with van der Waals surface area (Å²) in [7, 11) is 1.66. The van der Waals surface area contributed by atoms with Crippen molar-refractivity contribution in [2.75, 3.05) is 13.7 Å². The molecule has 0 fully saturated rings. The van der Waals surface area contributed by atoms with E-state index in [2.05, 4.69) is 29.8 Å². The third-order valence-electron chi connectivity index (χ3n) is 2.92. The molecule has 1 aromatic carbocycles. The van der Waals surface area contributed by atoms with Gasteiger partial charge in [0.15, 0.2) is 11.5 Å². The van der Waals surface area contributed by atoms with Gasteiger partial charge in [0.05, 0.1) is 17.7 Å². The average molecular weight is 316 g/mol. The van der Waals surface area contributed by atoms with Crippen molar-refractivity contribution in [3.63, 3.8) is 0 Å². The van der Waals surface area contributed by atoms with E-state index in [-0.39, 0.29) is 6.10 Å². The molecule has 0 aliphatic heterocycles. The van der Waals surface area contributed by atoms with Gasteiger partial charge in [-0.25, -0.2) is 0 Å². The molecule has 0 radical (unpaired) electrons. The summed E-state index contributed by atoms with van der Waals surface area (Å²) in [5.41, 5.74) is 6.73. The summed E-state index contributed by atoms with van der Waals surface area (Å²) in [6, 6.07) is 4.04. The van der Waals surface area contributed by atoms with E-state index in [1.54, 1.807) is 7.11 Å². The topological polar surface area (TPSA) is 44.5 Å². The second-order valence-electron chi connectivity index (χ2n) is 4.20. The fraction of sp³-hybridized carbons (Fsp3) is 0.571. The molecular formula is C14H22BrNO2. The number of rotatable bonds is 7. The predicted octanol–water partition coefficient (Wildman–Crippen LogP) is 3.53. The molecule has 0 bridgehead atoms. The lowest BCUT2D eigenvalue weighted by Gasteiger charge is -2.19. The zero-order valence-corrected chi connectivity index (χ0v) is 12.9. The highest BCUT2D eigenvalue weighted by molar-refractivity contribution is 9.10. The van der Waals surface area contributed by atoms with E-state index >= 15 is 0 Å². The van der Waals surface area contributed by atoms with Gasteiger partial charge in [0.2, 0.25) is 0 Å². The first-order valence-corrected chi connectivity index (χ1v) is 7.18. The Balaban J connectivity index is 3.02. The van der Waals surface area contributed by atoms with E-state index < -0.39 is 0 Å². The molecule has 4 heteroatoms. The molecule has 18 heavy (non-hydrogen) atoms. The highest BCUT2D eigenvalue weighted by Crippen LogP contribution is 2.37. The Morgan fingerprint density at radius 3 is 2.44 bits per heavy atom. The Morgan fingerprint density at radius 1 is 1.28 bits per heavy atom. The molecule has 1 rings (SSSR count). The summed E-state index contributed by atoms with van der Waals surface area (Å²) >= 11 is 3.55. The van der Waals surface area contributed by atoms with Crippen LogP contribution in [-0.4, -0.2) is 19.8 Å². The first-order valence-electron chi connectivity index (χ1n) is 6.39. The highest BCUT2D eigenvalue weighted by Gasteiger charge is 2.15. The average Bonchev–Trinajstić information content (AvgIpc) is 2.37. The lowest BCUT2D eigenvalue weighted by atomic mass is 10.1. The van der Waals surface area contributed by atoms with Gasteiger partial charge in [-0.2, -0.15) is 0 Å². The molecule has 0 aliphatic carbocycles. The molecule has 0 saturated carbocycles. The van der Waals surface area contributed by atoms with Crippen molar-refractivity contribution in [2.24, 2.45) is 5.73 Å². The number of hydrogen-bond acceptors (Lipinski definition) is 3. The van der Waals surface area contributed by atoms with Crippen LogP contribution < -0.4 is 15.2 Å². The van der Waals surface area contributed by atoms with Crippen molar-refractivity contribution in [3.8, 4) is 11.5 Å². The van der Waals surface area contributed by atoms with Crippen LogP contribution in [0.4, 0.5) is 0 Å². The van der Waals surface area contributed by atoms with Gasteiger partial charge >= 0.3 is 0 Å². The number of hydrogen-bond donors (Lipinski definition) is 1. The van der Waals surface area contributed by atoms with Crippen molar-refractivity contribution in [1.29, 1.82) is 0 Å². The van der Waals surface area contributed by atoms with Gasteiger partial charge in [-0.05, 0) is 59.4 Å². The smallest absolute Gasteiger partial charge is 0.175 e. The summed E-state index contributed by atoms with van der Waals surface area (Å²) < 4.78 is 12.3. The van der Waals surface area contributed by atoms with Crippen LogP contribution >= 0.6 is 15.9 Å². The fourth-order valence-electron chi connectivity index (χ4n) is 1.82. The lowest BCUT2D eigenvalue weighted by Crippen LogP contribution is -2.14. The van der Waals surface area contributed by atoms with E-state index in [4.69, 9.17) is 15.2 Å². The number of ether oxygens (including phenoxy) is 2. The molecule has 2 N–H and O–H groups in total. The largest absolute Gasteiger partial charge is 0.493 e. The minimum Gasteiger partial charge on any atom is -0.493 e. The summed E-state index contributed by atoms with van der Waals surface area (Å²) in [5, 5.41) is 0. The molecule has 0 spiro atoms. The number of nitrogens with two attached hydrogens (primary N) is 1. The van der Waals surface area contributed by atoms with Crippen molar-refractivity contribution >= 4 is 15.9 Å². The Labute approximate surface area is 118 Å². The molecule has 0 amide bonds. The quantitative estimate of drug-likeness (QED) is 0.837. The van der Waals surface area contributed by atoms with E-state index in [1.165, 1.54) is 0 Å². The van der Waals surface area contributed by atoms with Crippen LogP contribution in [0.15, 0.2) is 16.6 Å². The first-order chi connectivity index (χ1) is 8.65. The maximum Gasteiger partial charge on any atom is 0.175 e. The molecule has 0 atom stereocenters. The number of methoxy groups -OCH3 is 1. The second-order valence-corrected chi connectivity index (χ2v) is 5.06. The second kappa shape index (κ2) is 7.64. The Morgan fingerprint density at radius 2 is 1.94 bits per heavy atom. The van der Waals surface area contributed by atoms with E-state index in [0.717, 1.165) is 40.8 Å². The van der Waals surface area contributed by atoms with Gasteiger partial charge in [0.25, 0.3) is 0 Å². The van der Waals surface area contributed by atoms with Crippen LogP contribution in [0.25, 0.3) is 0 Å². The van der Waals surface area contributed by atoms with Crippen molar-refractivity contribution in [2.45, 2.75) is 39.2 Å². The molecule has 3 nitrogen and oxygen atoms in total. The minimum absolute atomic E-state index is 0.218. The van der Waals surface area contributed by atoms with Gasteiger partial charge in [-0.1, -0.05) is 13.8 Å². The zero-order valence-electron chi connectivity index (χ0n) is 11.3. The molecule has 0 aliphatic rings. The summed E-state index contributed by atoms with van der Waals surface area (Å²) in [6.45, 7) is 4.87. The van der Waals surface area contributed by atoms with Crippen molar-refractivity contribution < 1.29 is 9.47 Å². The van der Waals surface area contributed by atoms with Crippen LogP contribution in [0, 0.1) is 0 Å². The summed E-state index contributed by atoms with van der Waals surface area (Å²) in [6.07, 6.45) is 3.02. The van der Waals surface area contributed by atoms with Gasteiger partial charge in [-0.15, -0.1) is 0 Å². The summed E-state index contributed by atoms with van der Waals surface area (Å²) in [4.78, 5) is 0. The Bertz CT molecular complexity index is 378. The van der Waals surface area contributed by atoms with Crippen LogP contribution in [0.5, 0.6) is 11.5 Å². The van der Waals surface area contributed by atoms with Crippen molar-refractivity contribution in [1.82, 2.24) is 0 Å². The van der Waals surface area contributed by atoms with Crippen LogP contribution in [-0.2, 0) is 6.42 Å². The maximum atomic E-state index is 6.00. The Hall–Kier alpha value is -0.740. The van der Waals surface area contributed by atoms with Crippen molar-refractivity contribution in [3.05, 3.63) is 22.2 Å². The van der Waals surface area contributed by atoms with Gasteiger partial charge in [-0.3, -0.25) is 0 Å². The highest BCUT2D eigenvalue weighted by atomic mass is 79.9. The third kappa shape index (κ3) is 3.89. The van der Waals surface area contributed by atoms with E-state index in [1.807, 2.05) is 12.1 Å². The number of benzene rings is 1. The fourth-order valence-corrected chi connectivity index (χ4v) is 2.40. The van der Waals surface area contributed by atoms with Gasteiger partial charge < -0.3 is 15.2 Å². The normalized spacial score (nSPS) is 10.8. The molecule has 0 aromatic heterocycles. The summed E-state index contributed by atoms with van der Waals surface area (Å²) in [5.74, 6) is 1.55. The molecule has 0 unspecified atom stereocenters. The SMILES string of the molecule is CCC(CC)Oc1c(Br)cc(CCN)cc1OC. The Kier molecular flexibility index (Phi) is 6.50. The minimum atomic E-state index is 0.218. The first kappa shape index (κ1) is 15.3. The molecule has 1 aromatic rings. The van der Waals surface area contributed by atoms with E-state index in [9.17, 15) is 0 Å². The maximum absolute atomic E-state index is 6.00. The zero-order chi connectivity index (χ0) is 13.5. The molecule has 102 valence electrons. The lowest BCUT2D eigenvalue weighted by molar-refractivity contribution is 0.183. The predicted molar refractivity (Wildman–Crippen MR) is 78.5 cm³/mol. The third-order valence-corrected chi connectivity index (χ3v) is 3.51.